The highest BCUT2D eigenvalue weighted by Crippen LogP contribution is 2.60. The van der Waals surface area contributed by atoms with Gasteiger partial charge in [0.1, 0.15) is 12.0 Å². The molecule has 3 nitrogen and oxygen atoms in total. The van der Waals surface area contributed by atoms with Crippen molar-refractivity contribution < 1.29 is 15.0 Å². The van der Waals surface area contributed by atoms with E-state index >= 15 is 0 Å². The summed E-state index contributed by atoms with van der Waals surface area (Å²) in [6.45, 7) is 2.07. The number of hydrogen-bond acceptors (Lipinski definition) is 3. The summed E-state index contributed by atoms with van der Waals surface area (Å²) in [6.07, 6.45) is 5.06. The first-order valence-corrected chi connectivity index (χ1v) is 7.45. The summed E-state index contributed by atoms with van der Waals surface area (Å²) < 4.78 is 0. The van der Waals surface area contributed by atoms with Crippen LogP contribution < -0.4 is 0 Å². The highest BCUT2D eigenvalue weighted by atomic mass is 16.3. The number of phenols is 1. The van der Waals surface area contributed by atoms with Crippen molar-refractivity contribution in [3.05, 3.63) is 29.8 Å². The maximum atomic E-state index is 11.3. The average Bonchev–Trinajstić information content (AvgIpc) is 2.69. The smallest absolute Gasteiger partial charge is 0.123 e. The average molecular weight is 274 g/mol. The van der Waals surface area contributed by atoms with Gasteiger partial charge >= 0.3 is 0 Å². The van der Waals surface area contributed by atoms with Gasteiger partial charge in [0.25, 0.3) is 0 Å². The van der Waals surface area contributed by atoms with Crippen molar-refractivity contribution in [2.75, 3.05) is 0 Å². The monoisotopic (exact) mass is 274 g/mol. The number of phenolic OH excluding ortho intramolecular Hbond substituents is 1. The largest absolute Gasteiger partial charge is 0.508 e. The molecule has 0 heterocycles. The lowest BCUT2D eigenvalue weighted by atomic mass is 9.59. The van der Waals surface area contributed by atoms with Crippen molar-refractivity contribution in [3.63, 3.8) is 0 Å². The zero-order valence-corrected chi connectivity index (χ0v) is 11.9. The molecule has 1 aromatic carbocycles. The quantitative estimate of drug-likeness (QED) is 0.815. The molecule has 1 aromatic rings. The Kier molecular flexibility index (Phi) is 3.13. The van der Waals surface area contributed by atoms with Gasteiger partial charge < -0.3 is 15.0 Å². The molecular formula is C17H22O3. The van der Waals surface area contributed by atoms with Crippen LogP contribution in [0.3, 0.4) is 0 Å². The summed E-state index contributed by atoms with van der Waals surface area (Å²) in [4.78, 5) is 11.3. The fourth-order valence-corrected chi connectivity index (χ4v) is 4.36. The van der Waals surface area contributed by atoms with Crippen LogP contribution in [0.15, 0.2) is 24.3 Å². The maximum absolute atomic E-state index is 11.3. The van der Waals surface area contributed by atoms with Gasteiger partial charge in [-0.3, -0.25) is 0 Å². The fraction of sp³-hybridized carbons (Fsp3) is 0.588. The van der Waals surface area contributed by atoms with Crippen molar-refractivity contribution in [2.24, 2.45) is 11.3 Å². The number of aromatic hydroxyl groups is 1. The van der Waals surface area contributed by atoms with E-state index in [-0.39, 0.29) is 23.0 Å². The Hall–Kier alpha value is -1.35. The first-order chi connectivity index (χ1) is 9.48. The number of rotatable bonds is 2. The van der Waals surface area contributed by atoms with Crippen LogP contribution in [0.2, 0.25) is 0 Å². The van der Waals surface area contributed by atoms with Crippen LogP contribution in [-0.4, -0.2) is 22.1 Å². The molecule has 2 aliphatic carbocycles. The normalized spacial score (nSPS) is 40.3. The second-order valence-electron chi connectivity index (χ2n) is 6.77. The van der Waals surface area contributed by atoms with Gasteiger partial charge in [0.15, 0.2) is 0 Å². The van der Waals surface area contributed by atoms with Gasteiger partial charge in [0, 0.05) is 11.3 Å². The van der Waals surface area contributed by atoms with Crippen LogP contribution in [0.1, 0.15) is 50.5 Å². The number of hydrogen-bond donors (Lipinski definition) is 2. The molecular weight excluding hydrogens is 252 g/mol. The summed E-state index contributed by atoms with van der Waals surface area (Å²) in [5, 5.41) is 20.7. The van der Waals surface area contributed by atoms with Gasteiger partial charge in [-0.2, -0.15) is 0 Å². The SMILES string of the molecule is C[C@]12CC[C@H](c3cccc(O)c3)C[C@@]1(O)CC[C@@H]2C=O. The van der Waals surface area contributed by atoms with Gasteiger partial charge in [0.2, 0.25) is 0 Å². The second-order valence-corrected chi connectivity index (χ2v) is 6.77. The van der Waals surface area contributed by atoms with E-state index in [9.17, 15) is 15.0 Å². The lowest BCUT2D eigenvalue weighted by molar-refractivity contribution is -0.128. The molecule has 0 saturated heterocycles. The van der Waals surface area contributed by atoms with Crippen LogP contribution in [0.4, 0.5) is 0 Å². The van der Waals surface area contributed by atoms with Crippen molar-refractivity contribution in [1.82, 2.24) is 0 Å². The Morgan fingerprint density at radius 2 is 2.10 bits per heavy atom. The van der Waals surface area contributed by atoms with Crippen molar-refractivity contribution >= 4 is 6.29 Å². The molecule has 2 aliphatic rings. The first-order valence-electron chi connectivity index (χ1n) is 7.45. The van der Waals surface area contributed by atoms with Gasteiger partial charge in [-0.1, -0.05) is 19.1 Å². The Morgan fingerprint density at radius 1 is 1.30 bits per heavy atom. The van der Waals surface area contributed by atoms with Crippen LogP contribution in [0.5, 0.6) is 5.75 Å². The summed E-state index contributed by atoms with van der Waals surface area (Å²) in [7, 11) is 0. The summed E-state index contributed by atoms with van der Waals surface area (Å²) >= 11 is 0. The zero-order valence-electron chi connectivity index (χ0n) is 11.9. The van der Waals surface area contributed by atoms with E-state index in [0.29, 0.717) is 12.8 Å². The van der Waals surface area contributed by atoms with E-state index < -0.39 is 5.60 Å². The molecule has 108 valence electrons. The molecule has 0 spiro atoms. The topological polar surface area (TPSA) is 57.5 Å². The van der Waals surface area contributed by atoms with Gasteiger partial charge in [-0.05, 0) is 55.7 Å². The molecule has 0 unspecified atom stereocenters. The lowest BCUT2D eigenvalue weighted by Crippen LogP contribution is -2.49. The van der Waals surface area contributed by atoms with E-state index in [2.05, 4.69) is 6.92 Å². The standard InChI is InChI=1S/C17H22O3/c1-16-7-5-13(12-3-2-4-15(19)9-12)10-17(16,20)8-6-14(16)11-18/h2-4,9,11,13-14,19-20H,5-8,10H2,1H3/t13-,14+,16+,17-/m0/s1. The molecule has 20 heavy (non-hydrogen) atoms. The molecule has 2 saturated carbocycles. The van der Waals surface area contributed by atoms with E-state index in [1.165, 1.54) is 0 Å². The highest BCUT2D eigenvalue weighted by Gasteiger charge is 2.58. The minimum absolute atomic E-state index is 0.0161. The summed E-state index contributed by atoms with van der Waals surface area (Å²) in [6, 6.07) is 7.33. The van der Waals surface area contributed by atoms with Crippen LogP contribution in [0, 0.1) is 11.3 Å². The van der Waals surface area contributed by atoms with Crippen molar-refractivity contribution in [2.45, 2.75) is 50.5 Å². The van der Waals surface area contributed by atoms with Gasteiger partial charge in [-0.25, -0.2) is 0 Å². The molecule has 3 rings (SSSR count). The highest BCUT2D eigenvalue weighted by molar-refractivity contribution is 5.57. The summed E-state index contributed by atoms with van der Waals surface area (Å²) in [5.74, 6) is 0.531. The maximum Gasteiger partial charge on any atom is 0.123 e. The third kappa shape index (κ3) is 1.87. The lowest BCUT2D eigenvalue weighted by Gasteiger charge is -2.48. The van der Waals surface area contributed by atoms with Crippen molar-refractivity contribution in [3.8, 4) is 5.75 Å². The van der Waals surface area contributed by atoms with Crippen LogP contribution in [0.25, 0.3) is 0 Å². The molecule has 0 amide bonds. The molecule has 4 atom stereocenters. The van der Waals surface area contributed by atoms with E-state index in [1.807, 2.05) is 12.1 Å². The Bertz CT molecular complexity index is 527. The number of carbonyl (C=O) groups excluding carboxylic acids is 1. The number of fused-ring (bicyclic) bond motifs is 1. The minimum Gasteiger partial charge on any atom is -0.508 e. The molecule has 0 aromatic heterocycles. The van der Waals surface area contributed by atoms with Crippen molar-refractivity contribution in [1.29, 1.82) is 0 Å². The van der Waals surface area contributed by atoms with Gasteiger partial charge in [0.05, 0.1) is 5.60 Å². The molecule has 0 radical (unpaired) electrons. The molecule has 0 aliphatic heterocycles. The first kappa shape index (κ1) is 13.6. The Morgan fingerprint density at radius 3 is 2.80 bits per heavy atom. The summed E-state index contributed by atoms with van der Waals surface area (Å²) in [5.41, 5.74) is 0.0738. The number of benzene rings is 1. The van der Waals surface area contributed by atoms with E-state index in [0.717, 1.165) is 31.1 Å². The van der Waals surface area contributed by atoms with Crippen LogP contribution >= 0.6 is 0 Å². The Balaban J connectivity index is 1.87. The second kappa shape index (κ2) is 4.59. The molecule has 3 heteroatoms. The predicted octanol–water partition coefficient (Wildman–Crippen LogP) is 3.01. The molecule has 2 N–H and O–H groups in total. The minimum atomic E-state index is -0.743. The third-order valence-corrected chi connectivity index (χ3v) is 5.85. The fourth-order valence-electron chi connectivity index (χ4n) is 4.36. The number of aliphatic hydroxyl groups is 1. The third-order valence-electron chi connectivity index (χ3n) is 5.85. The Labute approximate surface area is 119 Å². The predicted molar refractivity (Wildman–Crippen MR) is 76.5 cm³/mol. The zero-order chi connectivity index (χ0) is 14.4. The molecule has 0 bridgehead atoms. The molecule has 2 fully saturated rings. The number of aldehydes is 1. The number of carbonyl (C=O) groups is 1. The van der Waals surface area contributed by atoms with Crippen LogP contribution in [-0.2, 0) is 4.79 Å². The van der Waals surface area contributed by atoms with E-state index in [4.69, 9.17) is 0 Å². The van der Waals surface area contributed by atoms with Gasteiger partial charge in [-0.15, -0.1) is 0 Å². The van der Waals surface area contributed by atoms with E-state index in [1.54, 1.807) is 12.1 Å².